The first kappa shape index (κ1) is 22.8. The molecule has 0 spiro atoms. The van der Waals surface area contributed by atoms with Crippen molar-refractivity contribution >= 4 is 39.3 Å². The molecule has 3 amide bonds. The summed E-state index contributed by atoms with van der Waals surface area (Å²) in [5.74, 6) is -1.80. The number of benzene rings is 2. The van der Waals surface area contributed by atoms with Gasteiger partial charge in [0.25, 0.3) is 15.9 Å². The molecule has 1 heterocycles. The zero-order valence-electron chi connectivity index (χ0n) is 17.0. The molecule has 3 rings (SSSR count). The maximum Gasteiger partial charge on any atom is 0.269 e. The largest absolute Gasteiger partial charge is 0.357 e. The molecule has 2 aromatic rings. The number of nitrogens with one attached hydrogen (secondary N) is 1. The number of carbonyl (C=O) groups is 3. The summed E-state index contributed by atoms with van der Waals surface area (Å²) in [6, 6.07) is 11.7. The number of fused-ring (bicyclic) bond motifs is 1. The van der Waals surface area contributed by atoms with Crippen LogP contribution in [0.25, 0.3) is 0 Å². The van der Waals surface area contributed by atoms with Crippen molar-refractivity contribution in [2.45, 2.75) is 30.8 Å². The Bertz CT molecular complexity index is 1120. The SMILES string of the molecule is CC[C@@H](C(=O)NC)N(Cc1ccc(Cl)cc1)C(=O)CN1C(=O)c2ccccc2S1(=O)=O. The molecule has 1 aliphatic rings. The Morgan fingerprint density at radius 1 is 1.13 bits per heavy atom. The molecular formula is C21H22ClN3O5S. The fourth-order valence-corrected chi connectivity index (χ4v) is 5.12. The lowest BCUT2D eigenvalue weighted by Crippen LogP contribution is -2.51. The number of hydrogen-bond donors (Lipinski definition) is 1. The van der Waals surface area contributed by atoms with Crippen molar-refractivity contribution in [1.82, 2.24) is 14.5 Å². The molecule has 0 aliphatic carbocycles. The standard InChI is InChI=1S/C21H22ClN3O5S/c1-3-17(20(27)23-2)24(12-14-8-10-15(22)11-9-14)19(26)13-25-21(28)16-6-4-5-7-18(16)31(25,29)30/h4-11,17H,3,12-13H2,1-2H3,(H,23,27)/t17-/m0/s1. The van der Waals surface area contributed by atoms with Gasteiger partial charge in [0.2, 0.25) is 11.8 Å². The first-order chi connectivity index (χ1) is 14.7. The lowest BCUT2D eigenvalue weighted by Gasteiger charge is -2.31. The van der Waals surface area contributed by atoms with E-state index in [1.807, 2.05) is 0 Å². The molecule has 0 unspecified atom stereocenters. The van der Waals surface area contributed by atoms with Crippen molar-refractivity contribution < 1.29 is 22.8 Å². The summed E-state index contributed by atoms with van der Waals surface area (Å²) in [6.45, 7) is 1.10. The van der Waals surface area contributed by atoms with Gasteiger partial charge in [-0.1, -0.05) is 42.8 Å². The van der Waals surface area contributed by atoms with Crippen molar-refractivity contribution in [2.24, 2.45) is 0 Å². The van der Waals surface area contributed by atoms with E-state index in [4.69, 9.17) is 11.6 Å². The molecule has 8 nitrogen and oxygen atoms in total. The molecule has 10 heteroatoms. The van der Waals surface area contributed by atoms with E-state index in [2.05, 4.69) is 5.32 Å². The molecule has 0 bridgehead atoms. The van der Waals surface area contributed by atoms with Gasteiger partial charge < -0.3 is 10.2 Å². The van der Waals surface area contributed by atoms with Crippen LogP contribution in [-0.2, 0) is 26.2 Å². The Morgan fingerprint density at radius 2 is 1.77 bits per heavy atom. The number of carbonyl (C=O) groups excluding carboxylic acids is 3. The summed E-state index contributed by atoms with van der Waals surface area (Å²) in [6.07, 6.45) is 0.305. The Hall–Kier alpha value is -2.91. The van der Waals surface area contributed by atoms with Crippen molar-refractivity contribution in [3.63, 3.8) is 0 Å². The minimum absolute atomic E-state index is 0.0258. The molecule has 1 atom stereocenters. The average Bonchev–Trinajstić information content (AvgIpc) is 2.95. The minimum atomic E-state index is -4.14. The minimum Gasteiger partial charge on any atom is -0.357 e. The molecule has 0 fully saturated rings. The van der Waals surface area contributed by atoms with Gasteiger partial charge in [0.1, 0.15) is 17.5 Å². The van der Waals surface area contributed by atoms with Crippen LogP contribution in [0.3, 0.4) is 0 Å². The topological polar surface area (TPSA) is 104 Å². The number of sulfonamides is 1. The highest BCUT2D eigenvalue weighted by Crippen LogP contribution is 2.30. The quantitative estimate of drug-likeness (QED) is 0.676. The molecule has 1 N–H and O–H groups in total. The van der Waals surface area contributed by atoms with Gasteiger partial charge >= 0.3 is 0 Å². The first-order valence-corrected chi connectivity index (χ1v) is 11.4. The second kappa shape index (κ2) is 9.07. The van der Waals surface area contributed by atoms with E-state index in [1.54, 1.807) is 37.3 Å². The van der Waals surface area contributed by atoms with E-state index in [1.165, 1.54) is 30.1 Å². The van der Waals surface area contributed by atoms with Crippen LogP contribution in [0.4, 0.5) is 0 Å². The molecule has 31 heavy (non-hydrogen) atoms. The summed E-state index contributed by atoms with van der Waals surface area (Å²) >= 11 is 5.92. The highest BCUT2D eigenvalue weighted by Gasteiger charge is 2.43. The third-order valence-corrected chi connectivity index (χ3v) is 7.13. The molecule has 0 aromatic heterocycles. The monoisotopic (exact) mass is 463 g/mol. The van der Waals surface area contributed by atoms with Crippen LogP contribution in [-0.4, -0.2) is 55.0 Å². The second-order valence-electron chi connectivity index (χ2n) is 7.00. The zero-order valence-corrected chi connectivity index (χ0v) is 18.6. The fourth-order valence-electron chi connectivity index (χ4n) is 3.47. The Balaban J connectivity index is 1.92. The summed E-state index contributed by atoms with van der Waals surface area (Å²) in [5.41, 5.74) is 0.733. The highest BCUT2D eigenvalue weighted by molar-refractivity contribution is 7.90. The lowest BCUT2D eigenvalue weighted by molar-refractivity contribution is -0.141. The van der Waals surface area contributed by atoms with Crippen LogP contribution >= 0.6 is 11.6 Å². The number of nitrogens with zero attached hydrogens (tertiary/aromatic N) is 2. The predicted octanol–water partition coefficient (Wildman–Crippen LogP) is 2.04. The van der Waals surface area contributed by atoms with Gasteiger partial charge in [-0.05, 0) is 36.2 Å². The smallest absolute Gasteiger partial charge is 0.269 e. The van der Waals surface area contributed by atoms with Crippen molar-refractivity contribution in [1.29, 1.82) is 0 Å². The van der Waals surface area contributed by atoms with Crippen LogP contribution in [0.1, 0.15) is 29.3 Å². The number of likely N-dealkylation sites (N-methyl/N-ethyl adjacent to an activating group) is 1. The van der Waals surface area contributed by atoms with Crippen molar-refractivity contribution in [2.75, 3.05) is 13.6 Å². The molecule has 0 radical (unpaired) electrons. The van der Waals surface area contributed by atoms with E-state index >= 15 is 0 Å². The van der Waals surface area contributed by atoms with Gasteiger partial charge in [-0.15, -0.1) is 0 Å². The van der Waals surface area contributed by atoms with Crippen molar-refractivity contribution in [3.05, 3.63) is 64.7 Å². The van der Waals surface area contributed by atoms with Crippen LogP contribution in [0.5, 0.6) is 0 Å². The summed E-state index contributed by atoms with van der Waals surface area (Å²) in [7, 11) is -2.68. The number of rotatable bonds is 7. The molecule has 0 saturated carbocycles. The van der Waals surface area contributed by atoms with E-state index in [-0.39, 0.29) is 22.9 Å². The maximum atomic E-state index is 13.2. The van der Waals surface area contributed by atoms with Crippen LogP contribution < -0.4 is 5.32 Å². The molecule has 164 valence electrons. The summed E-state index contributed by atoms with van der Waals surface area (Å²) in [5, 5.41) is 3.05. The first-order valence-electron chi connectivity index (χ1n) is 9.62. The van der Waals surface area contributed by atoms with Crippen LogP contribution in [0.2, 0.25) is 5.02 Å². The predicted molar refractivity (Wildman–Crippen MR) is 115 cm³/mol. The van der Waals surface area contributed by atoms with E-state index in [0.29, 0.717) is 21.3 Å². The van der Waals surface area contributed by atoms with Gasteiger partial charge in [0.15, 0.2) is 0 Å². The van der Waals surface area contributed by atoms with E-state index in [0.717, 1.165) is 0 Å². The van der Waals surface area contributed by atoms with E-state index in [9.17, 15) is 22.8 Å². The van der Waals surface area contributed by atoms with Gasteiger partial charge in [-0.25, -0.2) is 12.7 Å². The molecule has 2 aromatic carbocycles. The number of hydrogen-bond acceptors (Lipinski definition) is 5. The molecule has 0 saturated heterocycles. The Labute approximate surface area is 185 Å². The van der Waals surface area contributed by atoms with Gasteiger partial charge in [0, 0.05) is 18.6 Å². The fraction of sp³-hybridized carbons (Fsp3) is 0.286. The van der Waals surface area contributed by atoms with Gasteiger partial charge in [-0.2, -0.15) is 0 Å². The van der Waals surface area contributed by atoms with E-state index < -0.39 is 34.4 Å². The summed E-state index contributed by atoms with van der Waals surface area (Å²) < 4.78 is 26.2. The van der Waals surface area contributed by atoms with Crippen LogP contribution in [0, 0.1) is 0 Å². The zero-order chi connectivity index (χ0) is 22.8. The maximum absolute atomic E-state index is 13.2. The number of halogens is 1. The van der Waals surface area contributed by atoms with Crippen LogP contribution in [0.15, 0.2) is 53.4 Å². The third kappa shape index (κ3) is 4.42. The molecular weight excluding hydrogens is 442 g/mol. The normalized spacial score (nSPS) is 15.3. The van der Waals surface area contributed by atoms with Gasteiger partial charge in [-0.3, -0.25) is 14.4 Å². The Morgan fingerprint density at radius 3 is 2.35 bits per heavy atom. The average molecular weight is 464 g/mol. The highest BCUT2D eigenvalue weighted by atomic mass is 35.5. The van der Waals surface area contributed by atoms with Crippen molar-refractivity contribution in [3.8, 4) is 0 Å². The van der Waals surface area contributed by atoms with Gasteiger partial charge in [0.05, 0.1) is 5.56 Å². The number of amides is 3. The summed E-state index contributed by atoms with van der Waals surface area (Å²) in [4.78, 5) is 39.5. The molecule has 1 aliphatic heterocycles. The Kier molecular flexibility index (Phi) is 6.66. The lowest BCUT2D eigenvalue weighted by atomic mass is 10.1. The second-order valence-corrected chi connectivity index (χ2v) is 9.27. The third-order valence-electron chi connectivity index (χ3n) is 5.09.